The predicted molar refractivity (Wildman–Crippen MR) is 109 cm³/mol. The van der Waals surface area contributed by atoms with E-state index >= 15 is 0 Å². The van der Waals surface area contributed by atoms with Gasteiger partial charge in [0, 0.05) is 30.6 Å². The molecule has 5 rings (SSSR count). The maximum atomic E-state index is 12.5. The molecule has 1 amide bonds. The first-order chi connectivity index (χ1) is 14.7. The minimum Gasteiger partial charge on any atom is -0.480 e. The summed E-state index contributed by atoms with van der Waals surface area (Å²) in [6.07, 6.45) is 8.47. The van der Waals surface area contributed by atoms with E-state index in [1.807, 2.05) is 12.3 Å². The number of hydrogen-bond acceptors (Lipinski definition) is 7. The van der Waals surface area contributed by atoms with E-state index in [9.17, 15) is 4.79 Å². The van der Waals surface area contributed by atoms with E-state index in [-0.39, 0.29) is 5.91 Å². The van der Waals surface area contributed by atoms with Crippen molar-refractivity contribution in [2.45, 2.75) is 25.7 Å². The number of nitrogens with zero attached hydrogens (tertiary/aromatic N) is 6. The Balaban J connectivity index is 0.000000667. The molecule has 0 spiro atoms. The largest absolute Gasteiger partial charge is 0.480 e. The van der Waals surface area contributed by atoms with Gasteiger partial charge in [-0.1, -0.05) is 19.3 Å². The second-order valence-corrected chi connectivity index (χ2v) is 7.11. The van der Waals surface area contributed by atoms with Crippen molar-refractivity contribution < 1.29 is 14.3 Å². The number of hydrogen-bond donors (Lipinski definition) is 0. The summed E-state index contributed by atoms with van der Waals surface area (Å²) in [4.78, 5) is 14.1. The molecule has 0 N–H and O–H groups in total. The summed E-state index contributed by atoms with van der Waals surface area (Å²) < 4.78 is 12.2. The smallest absolute Gasteiger partial charge is 0.244 e. The number of rotatable bonds is 4. The van der Waals surface area contributed by atoms with E-state index in [0.717, 1.165) is 11.1 Å². The zero-order chi connectivity index (χ0) is 21.1. The Hall–Kier alpha value is -3.67. The van der Waals surface area contributed by atoms with Crippen LogP contribution in [0.4, 0.5) is 5.69 Å². The van der Waals surface area contributed by atoms with Gasteiger partial charge in [-0.3, -0.25) is 4.79 Å². The van der Waals surface area contributed by atoms with Gasteiger partial charge in [-0.15, -0.1) is 10.2 Å². The topological polar surface area (TPSA) is 106 Å². The molecule has 2 aliphatic rings. The number of anilines is 1. The second kappa shape index (κ2) is 8.37. The van der Waals surface area contributed by atoms with Crippen LogP contribution < -0.4 is 14.4 Å². The van der Waals surface area contributed by atoms with Crippen LogP contribution in [-0.4, -0.2) is 46.5 Å². The summed E-state index contributed by atoms with van der Waals surface area (Å²) in [5.41, 5.74) is 2.95. The molecule has 9 heteroatoms. The van der Waals surface area contributed by atoms with E-state index in [1.54, 1.807) is 27.7 Å². The molecule has 4 heterocycles. The van der Waals surface area contributed by atoms with E-state index < -0.39 is 5.92 Å². The Bertz CT molecular complexity index is 1110. The lowest BCUT2D eigenvalue weighted by molar-refractivity contribution is -0.118. The fraction of sp³-hybridized carbons (Fsp3) is 0.381. The summed E-state index contributed by atoms with van der Waals surface area (Å²) in [7, 11) is 3.03. The van der Waals surface area contributed by atoms with Crippen LogP contribution in [0.2, 0.25) is 0 Å². The summed E-state index contributed by atoms with van der Waals surface area (Å²) in [6, 6.07) is 7.46. The van der Waals surface area contributed by atoms with E-state index in [1.165, 1.54) is 33.5 Å². The van der Waals surface area contributed by atoms with Crippen LogP contribution >= 0.6 is 0 Å². The number of nitriles is 1. The lowest BCUT2D eigenvalue weighted by Gasteiger charge is -2.16. The summed E-state index contributed by atoms with van der Waals surface area (Å²) >= 11 is 0. The zero-order valence-electron chi connectivity index (χ0n) is 16.9. The lowest BCUT2D eigenvalue weighted by atomic mass is 10.1. The van der Waals surface area contributed by atoms with Crippen molar-refractivity contribution in [1.29, 1.82) is 5.26 Å². The van der Waals surface area contributed by atoms with Crippen molar-refractivity contribution in [3.8, 4) is 29.0 Å². The molecule has 3 aromatic rings. The van der Waals surface area contributed by atoms with E-state index in [4.69, 9.17) is 14.7 Å². The van der Waals surface area contributed by atoms with Crippen molar-refractivity contribution in [3.63, 3.8) is 0 Å². The summed E-state index contributed by atoms with van der Waals surface area (Å²) in [5, 5.41) is 21.4. The first-order valence-electron chi connectivity index (χ1n) is 9.80. The third-order valence-corrected chi connectivity index (χ3v) is 4.94. The SMILES string of the molecule is C1CC1.COc1cc(-c2cc3c(N4CCC(C#N)C4=O)ccnn3c2)c(OC)nn1. The normalized spacial score (nSPS) is 17.3. The van der Waals surface area contributed by atoms with Crippen LogP contribution in [0.1, 0.15) is 25.7 Å². The lowest BCUT2D eigenvalue weighted by Crippen LogP contribution is -2.27. The monoisotopic (exact) mass is 406 g/mol. The van der Waals surface area contributed by atoms with Crippen LogP contribution in [0.5, 0.6) is 11.8 Å². The van der Waals surface area contributed by atoms with Gasteiger partial charge in [0.1, 0.15) is 5.92 Å². The minimum absolute atomic E-state index is 0.182. The van der Waals surface area contributed by atoms with Gasteiger partial charge in [-0.2, -0.15) is 10.4 Å². The van der Waals surface area contributed by atoms with Crippen molar-refractivity contribution in [2.24, 2.45) is 5.92 Å². The molecule has 3 aromatic heterocycles. The number of aromatic nitrogens is 4. The van der Waals surface area contributed by atoms with Gasteiger partial charge in [0.05, 0.1) is 37.1 Å². The zero-order valence-corrected chi connectivity index (χ0v) is 16.9. The Morgan fingerprint density at radius 1 is 1.17 bits per heavy atom. The molecule has 1 atom stereocenters. The quantitative estimate of drug-likeness (QED) is 0.656. The molecule has 1 unspecified atom stereocenters. The van der Waals surface area contributed by atoms with Crippen molar-refractivity contribution >= 4 is 17.1 Å². The molecule has 1 aliphatic heterocycles. The highest BCUT2D eigenvalue weighted by atomic mass is 16.5. The fourth-order valence-electron chi connectivity index (χ4n) is 3.23. The van der Waals surface area contributed by atoms with Crippen LogP contribution in [0, 0.1) is 17.2 Å². The van der Waals surface area contributed by atoms with Gasteiger partial charge in [0.25, 0.3) is 0 Å². The molecule has 30 heavy (non-hydrogen) atoms. The van der Waals surface area contributed by atoms with Crippen LogP contribution in [-0.2, 0) is 4.79 Å². The molecule has 1 saturated carbocycles. The van der Waals surface area contributed by atoms with E-state index in [0.29, 0.717) is 36.0 Å². The van der Waals surface area contributed by atoms with Gasteiger partial charge in [-0.05, 0) is 18.6 Å². The molecule has 1 saturated heterocycles. The van der Waals surface area contributed by atoms with Crippen molar-refractivity contribution in [3.05, 3.63) is 30.6 Å². The Morgan fingerprint density at radius 2 is 1.97 bits per heavy atom. The van der Waals surface area contributed by atoms with Crippen LogP contribution in [0.15, 0.2) is 30.6 Å². The van der Waals surface area contributed by atoms with Gasteiger partial charge < -0.3 is 14.4 Å². The third-order valence-electron chi connectivity index (χ3n) is 4.94. The van der Waals surface area contributed by atoms with Gasteiger partial charge >= 0.3 is 0 Å². The summed E-state index contributed by atoms with van der Waals surface area (Å²) in [6.45, 7) is 0.505. The summed E-state index contributed by atoms with van der Waals surface area (Å²) in [5.74, 6) is -0.0598. The molecule has 0 radical (unpaired) electrons. The van der Waals surface area contributed by atoms with Crippen molar-refractivity contribution in [1.82, 2.24) is 19.8 Å². The molecule has 0 bridgehead atoms. The first-order valence-corrected chi connectivity index (χ1v) is 9.80. The Labute approximate surface area is 173 Å². The number of carbonyl (C=O) groups excluding carboxylic acids is 1. The highest BCUT2D eigenvalue weighted by Gasteiger charge is 2.33. The molecular weight excluding hydrogens is 384 g/mol. The standard InChI is InChI=1S/C18H16N6O3.C3H6/c1-26-16-8-13(17(27-2)22-21-16)12-7-15-14(3-5-20-24(15)10-12)23-6-4-11(9-19)18(23)25;1-2-3-1/h3,5,7-8,10-11H,4,6H2,1-2H3;1-3H2. The van der Waals surface area contributed by atoms with Gasteiger partial charge in [0.15, 0.2) is 0 Å². The highest BCUT2D eigenvalue weighted by molar-refractivity contribution is 6.02. The molecule has 2 fully saturated rings. The number of amides is 1. The average molecular weight is 406 g/mol. The first kappa shape index (κ1) is 19.6. The maximum Gasteiger partial charge on any atom is 0.244 e. The van der Waals surface area contributed by atoms with E-state index in [2.05, 4.69) is 21.4 Å². The number of ether oxygens (including phenoxy) is 2. The predicted octanol–water partition coefficient (Wildman–Crippen LogP) is 2.86. The average Bonchev–Trinajstić information content (AvgIpc) is 3.53. The molecule has 0 aromatic carbocycles. The number of fused-ring (bicyclic) bond motifs is 1. The van der Waals surface area contributed by atoms with Crippen molar-refractivity contribution in [2.75, 3.05) is 25.7 Å². The third kappa shape index (κ3) is 3.76. The molecule has 9 nitrogen and oxygen atoms in total. The molecule has 154 valence electrons. The Kier molecular flexibility index (Phi) is 5.48. The number of methoxy groups -OCH3 is 2. The highest BCUT2D eigenvalue weighted by Crippen LogP contribution is 2.35. The fourth-order valence-corrected chi connectivity index (χ4v) is 3.23. The Morgan fingerprint density at radius 3 is 2.60 bits per heavy atom. The van der Waals surface area contributed by atoms with Crippen LogP contribution in [0.25, 0.3) is 16.6 Å². The van der Waals surface area contributed by atoms with Crippen LogP contribution in [0.3, 0.4) is 0 Å². The van der Waals surface area contributed by atoms with Gasteiger partial charge in [0.2, 0.25) is 17.7 Å². The van der Waals surface area contributed by atoms with Gasteiger partial charge in [-0.25, -0.2) is 4.52 Å². The molecule has 1 aliphatic carbocycles. The maximum absolute atomic E-state index is 12.5. The number of carbonyl (C=O) groups is 1. The second-order valence-electron chi connectivity index (χ2n) is 7.11. The minimum atomic E-state index is -0.596. The molecular formula is C21H22N6O3.